The van der Waals surface area contributed by atoms with Crippen LogP contribution in [0.4, 0.5) is 0 Å². The van der Waals surface area contributed by atoms with Gasteiger partial charge in [-0.3, -0.25) is 0 Å². The van der Waals surface area contributed by atoms with E-state index in [2.05, 4.69) is 13.5 Å². The third kappa shape index (κ3) is 1.86. The van der Waals surface area contributed by atoms with Crippen LogP contribution in [0.3, 0.4) is 0 Å². The van der Waals surface area contributed by atoms with E-state index in [1.54, 1.807) is 0 Å². The van der Waals surface area contributed by atoms with Crippen LogP contribution in [-0.4, -0.2) is 21.9 Å². The second-order valence-corrected chi connectivity index (χ2v) is 6.73. The standard InChI is InChI=1S/C15H26O2/c1-10(2)15(17)9-8-14(4)7-5-6-11(3)12(14)13(15)16/h10,12-13,16-17H,3,5-9H2,1-2,4H3/t12-,13+,14-,15-/m1/s1. The molecule has 98 valence electrons. The Morgan fingerprint density at radius 3 is 2.53 bits per heavy atom. The molecule has 2 heteroatoms. The SMILES string of the molecule is C=C1CCC[C@]2(C)CC[C@@](O)(C(C)C)[C@@H](O)[C@@H]12. The Hall–Kier alpha value is -0.340. The Balaban J connectivity index is 2.33. The molecule has 2 rings (SSSR count). The normalized spacial score (nSPS) is 47.1. The summed E-state index contributed by atoms with van der Waals surface area (Å²) in [6, 6.07) is 0. The summed E-state index contributed by atoms with van der Waals surface area (Å²) in [6.45, 7) is 10.4. The third-order valence-electron chi connectivity index (χ3n) is 5.36. The molecule has 2 nitrogen and oxygen atoms in total. The number of fused-ring (bicyclic) bond motifs is 1. The zero-order valence-electron chi connectivity index (χ0n) is 11.4. The summed E-state index contributed by atoms with van der Waals surface area (Å²) in [5, 5.41) is 21.3. The first-order valence-electron chi connectivity index (χ1n) is 6.89. The van der Waals surface area contributed by atoms with Gasteiger partial charge >= 0.3 is 0 Å². The van der Waals surface area contributed by atoms with E-state index in [4.69, 9.17) is 0 Å². The maximum Gasteiger partial charge on any atom is 0.0934 e. The zero-order chi connectivity index (χ0) is 12.8. The Labute approximate surface area is 105 Å². The summed E-state index contributed by atoms with van der Waals surface area (Å²) >= 11 is 0. The van der Waals surface area contributed by atoms with Crippen molar-refractivity contribution >= 4 is 0 Å². The van der Waals surface area contributed by atoms with Crippen molar-refractivity contribution in [2.24, 2.45) is 17.3 Å². The summed E-state index contributed by atoms with van der Waals surface area (Å²) < 4.78 is 0. The number of rotatable bonds is 1. The van der Waals surface area contributed by atoms with Crippen LogP contribution >= 0.6 is 0 Å². The van der Waals surface area contributed by atoms with Crippen LogP contribution in [0, 0.1) is 17.3 Å². The van der Waals surface area contributed by atoms with Gasteiger partial charge in [0.2, 0.25) is 0 Å². The van der Waals surface area contributed by atoms with Crippen LogP contribution in [0.2, 0.25) is 0 Å². The molecule has 2 aliphatic rings. The topological polar surface area (TPSA) is 40.5 Å². The molecule has 17 heavy (non-hydrogen) atoms. The van der Waals surface area contributed by atoms with Gasteiger partial charge in [-0.1, -0.05) is 32.9 Å². The molecule has 0 saturated heterocycles. The van der Waals surface area contributed by atoms with Crippen molar-refractivity contribution < 1.29 is 10.2 Å². The Morgan fingerprint density at radius 2 is 1.94 bits per heavy atom. The molecule has 0 aromatic carbocycles. The molecule has 2 N–H and O–H groups in total. The van der Waals surface area contributed by atoms with Crippen LogP contribution in [0.1, 0.15) is 52.9 Å². The van der Waals surface area contributed by atoms with Crippen molar-refractivity contribution in [3.8, 4) is 0 Å². The van der Waals surface area contributed by atoms with Gasteiger partial charge in [-0.2, -0.15) is 0 Å². The van der Waals surface area contributed by atoms with Crippen LogP contribution in [0.5, 0.6) is 0 Å². The fourth-order valence-corrected chi connectivity index (χ4v) is 3.96. The fourth-order valence-electron chi connectivity index (χ4n) is 3.96. The molecule has 0 radical (unpaired) electrons. The minimum absolute atomic E-state index is 0.0809. The van der Waals surface area contributed by atoms with Gasteiger partial charge < -0.3 is 10.2 Å². The predicted octanol–water partition coefficient (Wildman–Crippen LogP) is 2.89. The van der Waals surface area contributed by atoms with Gasteiger partial charge in [-0.25, -0.2) is 0 Å². The van der Waals surface area contributed by atoms with Gasteiger partial charge in [0.25, 0.3) is 0 Å². The molecule has 0 amide bonds. The van der Waals surface area contributed by atoms with E-state index in [1.165, 1.54) is 6.42 Å². The number of hydrogen-bond acceptors (Lipinski definition) is 2. The molecule has 2 fully saturated rings. The summed E-state index contributed by atoms with van der Waals surface area (Å²) in [5.74, 6) is 0.175. The second-order valence-electron chi connectivity index (χ2n) is 6.73. The van der Waals surface area contributed by atoms with Crippen molar-refractivity contribution in [3.63, 3.8) is 0 Å². The molecule has 4 atom stereocenters. The Kier molecular flexibility index (Phi) is 3.16. The van der Waals surface area contributed by atoms with Crippen molar-refractivity contribution in [1.29, 1.82) is 0 Å². The van der Waals surface area contributed by atoms with Crippen molar-refractivity contribution in [3.05, 3.63) is 12.2 Å². The lowest BCUT2D eigenvalue weighted by atomic mass is 9.53. The van der Waals surface area contributed by atoms with E-state index in [1.807, 2.05) is 13.8 Å². The van der Waals surface area contributed by atoms with E-state index in [0.717, 1.165) is 24.8 Å². The molecular formula is C15H26O2. The predicted molar refractivity (Wildman–Crippen MR) is 69.6 cm³/mol. The van der Waals surface area contributed by atoms with E-state index in [-0.39, 0.29) is 17.3 Å². The second kappa shape index (κ2) is 4.10. The summed E-state index contributed by atoms with van der Waals surface area (Å²) in [6.07, 6.45) is 4.41. The van der Waals surface area contributed by atoms with Crippen molar-refractivity contribution in [2.45, 2.75) is 64.6 Å². The molecule has 0 heterocycles. The highest BCUT2D eigenvalue weighted by molar-refractivity contribution is 5.18. The molecule has 0 spiro atoms. The number of aliphatic hydroxyl groups is 2. The highest BCUT2D eigenvalue weighted by Gasteiger charge is 2.55. The molecule has 0 aromatic rings. The minimum Gasteiger partial charge on any atom is -0.389 e. The van der Waals surface area contributed by atoms with Gasteiger partial charge in [-0.15, -0.1) is 0 Å². The van der Waals surface area contributed by atoms with E-state index in [0.29, 0.717) is 6.42 Å². The first-order chi connectivity index (χ1) is 7.81. The molecule has 0 unspecified atom stereocenters. The van der Waals surface area contributed by atoms with E-state index < -0.39 is 11.7 Å². The minimum atomic E-state index is -0.926. The molecule has 2 saturated carbocycles. The lowest BCUT2D eigenvalue weighted by Gasteiger charge is -2.55. The fraction of sp³-hybridized carbons (Fsp3) is 0.867. The highest BCUT2D eigenvalue weighted by Crippen LogP contribution is 2.55. The van der Waals surface area contributed by atoms with Crippen LogP contribution in [-0.2, 0) is 0 Å². The van der Waals surface area contributed by atoms with Crippen molar-refractivity contribution in [2.75, 3.05) is 0 Å². The van der Waals surface area contributed by atoms with Gasteiger partial charge in [-0.05, 0) is 43.4 Å². The number of aliphatic hydroxyl groups excluding tert-OH is 1. The Morgan fingerprint density at radius 1 is 1.29 bits per heavy atom. The summed E-state index contributed by atoms with van der Waals surface area (Å²) in [7, 11) is 0. The molecule has 0 bridgehead atoms. The molecular weight excluding hydrogens is 212 g/mol. The smallest absolute Gasteiger partial charge is 0.0934 e. The average Bonchev–Trinajstić information content (AvgIpc) is 2.24. The summed E-state index contributed by atoms with van der Waals surface area (Å²) in [5.41, 5.74) is 0.366. The average molecular weight is 238 g/mol. The monoisotopic (exact) mass is 238 g/mol. The van der Waals surface area contributed by atoms with E-state index >= 15 is 0 Å². The largest absolute Gasteiger partial charge is 0.389 e. The highest BCUT2D eigenvalue weighted by atomic mass is 16.3. The first-order valence-corrected chi connectivity index (χ1v) is 6.89. The van der Waals surface area contributed by atoms with Gasteiger partial charge in [0.15, 0.2) is 0 Å². The summed E-state index contributed by atoms with van der Waals surface area (Å²) in [4.78, 5) is 0. The van der Waals surface area contributed by atoms with Gasteiger partial charge in [0.1, 0.15) is 0 Å². The maximum absolute atomic E-state index is 10.7. The maximum atomic E-state index is 10.7. The third-order valence-corrected chi connectivity index (χ3v) is 5.36. The number of hydrogen-bond donors (Lipinski definition) is 2. The van der Waals surface area contributed by atoms with Crippen LogP contribution in [0.25, 0.3) is 0 Å². The molecule has 2 aliphatic carbocycles. The first kappa shape index (κ1) is 13.1. The quantitative estimate of drug-likeness (QED) is 0.690. The molecule has 0 aromatic heterocycles. The van der Waals surface area contributed by atoms with E-state index in [9.17, 15) is 10.2 Å². The lowest BCUT2D eigenvalue weighted by Crippen LogP contribution is -2.59. The molecule has 0 aliphatic heterocycles. The van der Waals surface area contributed by atoms with Crippen molar-refractivity contribution in [1.82, 2.24) is 0 Å². The van der Waals surface area contributed by atoms with Gasteiger partial charge in [0.05, 0.1) is 11.7 Å². The Bertz CT molecular complexity index is 323. The van der Waals surface area contributed by atoms with Gasteiger partial charge in [0, 0.05) is 5.92 Å². The lowest BCUT2D eigenvalue weighted by molar-refractivity contribution is -0.180. The zero-order valence-corrected chi connectivity index (χ0v) is 11.4. The van der Waals surface area contributed by atoms with Crippen LogP contribution < -0.4 is 0 Å². The van der Waals surface area contributed by atoms with Crippen LogP contribution in [0.15, 0.2) is 12.2 Å².